The molecular weight excluding hydrogens is 312 g/mol. The summed E-state index contributed by atoms with van der Waals surface area (Å²) >= 11 is 0. The Kier molecular flexibility index (Phi) is 11.9. The molecule has 150 valence electrons. The van der Waals surface area contributed by atoms with Crippen molar-refractivity contribution in [3.63, 3.8) is 0 Å². The lowest BCUT2D eigenvalue weighted by atomic mass is 10.3. The molecule has 0 spiro atoms. The standard InChI is InChI=1S/C10H23N3.C9H21N3/c1-11-5-4-6-12(2)8-10-13(3)9-7-11;1-10-4-6-11(2)8-9-12(3)7-5-10/h4-10H2,1-3H3;4-9H2,1-3H3. The Morgan fingerprint density at radius 3 is 0.640 bits per heavy atom. The molecular formula is C19H44N6. The van der Waals surface area contributed by atoms with Gasteiger partial charge in [0, 0.05) is 65.4 Å². The zero-order valence-corrected chi connectivity index (χ0v) is 17.9. The number of rotatable bonds is 0. The molecule has 2 saturated heterocycles. The number of hydrogen-bond donors (Lipinski definition) is 0. The van der Waals surface area contributed by atoms with Crippen molar-refractivity contribution < 1.29 is 0 Å². The van der Waals surface area contributed by atoms with Crippen molar-refractivity contribution in [2.45, 2.75) is 6.42 Å². The largest absolute Gasteiger partial charge is 0.305 e. The van der Waals surface area contributed by atoms with Crippen LogP contribution in [0.3, 0.4) is 0 Å². The summed E-state index contributed by atoms with van der Waals surface area (Å²) in [6.45, 7) is 14.5. The zero-order valence-electron chi connectivity index (χ0n) is 17.9. The molecule has 2 rings (SSSR count). The van der Waals surface area contributed by atoms with Crippen molar-refractivity contribution in [1.29, 1.82) is 0 Å². The van der Waals surface area contributed by atoms with Crippen LogP contribution in [0.2, 0.25) is 0 Å². The van der Waals surface area contributed by atoms with Gasteiger partial charge >= 0.3 is 0 Å². The molecule has 25 heavy (non-hydrogen) atoms. The van der Waals surface area contributed by atoms with Crippen molar-refractivity contribution in [2.75, 3.05) is 121 Å². The van der Waals surface area contributed by atoms with E-state index in [0.717, 1.165) is 0 Å². The second kappa shape index (κ2) is 13.0. The van der Waals surface area contributed by atoms with Gasteiger partial charge in [0.05, 0.1) is 0 Å². The fourth-order valence-electron chi connectivity index (χ4n) is 2.99. The third kappa shape index (κ3) is 11.9. The van der Waals surface area contributed by atoms with E-state index in [1.807, 2.05) is 0 Å². The number of likely N-dealkylation sites (N-methyl/N-ethyl adjacent to an activating group) is 6. The van der Waals surface area contributed by atoms with Crippen LogP contribution in [0.25, 0.3) is 0 Å². The molecule has 2 aliphatic rings. The Morgan fingerprint density at radius 2 is 0.440 bits per heavy atom. The highest BCUT2D eigenvalue weighted by Crippen LogP contribution is 1.96. The van der Waals surface area contributed by atoms with E-state index in [9.17, 15) is 0 Å². The Balaban J connectivity index is 0.000000251. The predicted octanol–water partition coefficient (Wildman–Crippen LogP) is -0.0191. The minimum atomic E-state index is 1.20. The minimum Gasteiger partial charge on any atom is -0.305 e. The van der Waals surface area contributed by atoms with E-state index in [1.54, 1.807) is 0 Å². The fourth-order valence-corrected chi connectivity index (χ4v) is 2.99. The van der Waals surface area contributed by atoms with E-state index < -0.39 is 0 Å². The molecule has 0 aromatic rings. The zero-order chi connectivity index (χ0) is 18.7. The fraction of sp³-hybridized carbons (Fsp3) is 1.00. The highest BCUT2D eigenvalue weighted by atomic mass is 15.2. The van der Waals surface area contributed by atoms with Crippen molar-refractivity contribution in [1.82, 2.24) is 29.4 Å². The molecule has 2 aliphatic heterocycles. The summed E-state index contributed by atoms with van der Waals surface area (Å²) in [6, 6.07) is 0. The van der Waals surface area contributed by atoms with Gasteiger partial charge in [0.1, 0.15) is 0 Å². The molecule has 0 N–H and O–H groups in total. The summed E-state index contributed by atoms with van der Waals surface area (Å²) in [5, 5.41) is 0. The highest BCUT2D eigenvalue weighted by Gasteiger charge is 2.08. The molecule has 0 atom stereocenters. The lowest BCUT2D eigenvalue weighted by molar-refractivity contribution is 0.197. The van der Waals surface area contributed by atoms with Gasteiger partial charge in [-0.25, -0.2) is 0 Å². The Hall–Kier alpha value is -0.240. The SMILES string of the molecule is CN1CCCN(C)CCN(C)CC1.CN1CCN(C)CCN(C)CC1. The molecule has 2 heterocycles. The molecule has 0 aliphatic carbocycles. The monoisotopic (exact) mass is 356 g/mol. The van der Waals surface area contributed by atoms with Crippen LogP contribution < -0.4 is 0 Å². The van der Waals surface area contributed by atoms with Crippen LogP contribution in [0.4, 0.5) is 0 Å². The second-order valence-electron chi connectivity index (χ2n) is 8.17. The number of hydrogen-bond acceptors (Lipinski definition) is 6. The van der Waals surface area contributed by atoms with Gasteiger partial charge in [-0.3, -0.25) is 0 Å². The Bertz CT molecular complexity index is 277. The second-order valence-corrected chi connectivity index (χ2v) is 8.17. The lowest BCUT2D eigenvalue weighted by Gasteiger charge is -2.27. The van der Waals surface area contributed by atoms with Crippen molar-refractivity contribution in [3.05, 3.63) is 0 Å². The lowest BCUT2D eigenvalue weighted by Crippen LogP contribution is -2.39. The third-order valence-corrected chi connectivity index (χ3v) is 5.40. The molecule has 0 amide bonds. The summed E-state index contributed by atoms with van der Waals surface area (Å²) < 4.78 is 0. The Labute approximate surface area is 157 Å². The van der Waals surface area contributed by atoms with E-state index in [4.69, 9.17) is 0 Å². The topological polar surface area (TPSA) is 19.4 Å². The van der Waals surface area contributed by atoms with Crippen LogP contribution in [0.5, 0.6) is 0 Å². The van der Waals surface area contributed by atoms with Crippen LogP contribution in [-0.2, 0) is 0 Å². The van der Waals surface area contributed by atoms with E-state index in [-0.39, 0.29) is 0 Å². The van der Waals surface area contributed by atoms with Gasteiger partial charge in [0.25, 0.3) is 0 Å². The maximum atomic E-state index is 2.43. The van der Waals surface area contributed by atoms with Crippen LogP contribution in [-0.4, -0.2) is 150 Å². The van der Waals surface area contributed by atoms with Gasteiger partial charge in [-0.05, 0) is 61.8 Å². The van der Waals surface area contributed by atoms with Gasteiger partial charge in [0.2, 0.25) is 0 Å². The molecule has 0 saturated carbocycles. The molecule has 0 radical (unpaired) electrons. The predicted molar refractivity (Wildman–Crippen MR) is 110 cm³/mol. The molecule has 6 heteroatoms. The molecule has 0 aromatic carbocycles. The summed E-state index contributed by atoms with van der Waals surface area (Å²) in [5.74, 6) is 0. The Morgan fingerprint density at radius 1 is 0.280 bits per heavy atom. The molecule has 0 unspecified atom stereocenters. The first-order chi connectivity index (χ1) is 11.9. The summed E-state index contributed by atoms with van der Waals surface area (Å²) in [4.78, 5) is 14.5. The van der Waals surface area contributed by atoms with Gasteiger partial charge in [-0.2, -0.15) is 0 Å². The van der Waals surface area contributed by atoms with Crippen LogP contribution in [0, 0.1) is 0 Å². The van der Waals surface area contributed by atoms with Crippen LogP contribution >= 0.6 is 0 Å². The first kappa shape index (κ1) is 22.8. The number of nitrogens with zero attached hydrogens (tertiary/aromatic N) is 6. The van der Waals surface area contributed by atoms with Crippen LogP contribution in [0.15, 0.2) is 0 Å². The van der Waals surface area contributed by atoms with Gasteiger partial charge in [-0.1, -0.05) is 0 Å². The van der Waals surface area contributed by atoms with E-state index in [2.05, 4.69) is 71.7 Å². The molecule has 6 nitrogen and oxygen atoms in total. The van der Waals surface area contributed by atoms with Gasteiger partial charge < -0.3 is 29.4 Å². The summed E-state index contributed by atoms with van der Waals surface area (Å²) in [5.41, 5.74) is 0. The molecule has 0 bridgehead atoms. The van der Waals surface area contributed by atoms with E-state index in [0.29, 0.717) is 0 Å². The average Bonchev–Trinajstić information content (AvgIpc) is 2.65. The quantitative estimate of drug-likeness (QED) is 0.603. The smallest absolute Gasteiger partial charge is 0.0107 e. The van der Waals surface area contributed by atoms with Gasteiger partial charge in [0.15, 0.2) is 0 Å². The molecule has 0 aromatic heterocycles. The highest BCUT2D eigenvalue weighted by molar-refractivity contribution is 4.65. The maximum absolute atomic E-state index is 2.43. The first-order valence-electron chi connectivity index (χ1n) is 9.98. The third-order valence-electron chi connectivity index (χ3n) is 5.40. The summed E-state index contributed by atoms with van der Waals surface area (Å²) in [7, 11) is 13.3. The maximum Gasteiger partial charge on any atom is 0.0107 e. The van der Waals surface area contributed by atoms with Crippen molar-refractivity contribution in [2.24, 2.45) is 0 Å². The average molecular weight is 357 g/mol. The van der Waals surface area contributed by atoms with Crippen molar-refractivity contribution >= 4 is 0 Å². The summed E-state index contributed by atoms with van der Waals surface area (Å²) in [6.07, 6.45) is 1.30. The van der Waals surface area contributed by atoms with Crippen molar-refractivity contribution in [3.8, 4) is 0 Å². The first-order valence-corrected chi connectivity index (χ1v) is 9.98. The minimum absolute atomic E-state index is 1.20. The van der Waals surface area contributed by atoms with Gasteiger partial charge in [-0.15, -0.1) is 0 Å². The van der Waals surface area contributed by atoms with E-state index >= 15 is 0 Å². The molecule has 2 fully saturated rings. The van der Waals surface area contributed by atoms with Crippen LogP contribution in [0.1, 0.15) is 6.42 Å². The van der Waals surface area contributed by atoms with E-state index in [1.165, 1.54) is 85.0 Å². The normalized spacial score (nSPS) is 26.2.